The van der Waals surface area contributed by atoms with Gasteiger partial charge in [-0.25, -0.2) is 34.9 Å². The molecule has 8 heterocycles. The Kier molecular flexibility index (Phi) is 27.6. The number of halogens is 9. The quantitative estimate of drug-likeness (QED) is 0.0690. The zero-order chi connectivity index (χ0) is 93.9. The first-order valence-electron chi connectivity index (χ1n) is 42.4. The lowest BCUT2D eigenvalue weighted by molar-refractivity contribution is 0.117. The maximum atomic E-state index is 12.3. The van der Waals surface area contributed by atoms with E-state index in [0.29, 0.717) is 107 Å². The van der Waals surface area contributed by atoms with Crippen LogP contribution in [0.15, 0.2) is 359 Å². The molecule has 3 N–H and O–H groups in total. The van der Waals surface area contributed by atoms with Crippen molar-refractivity contribution in [2.45, 2.75) is 22.7 Å². The monoisotopic (exact) mass is 1940 g/mol. The third-order valence-corrected chi connectivity index (χ3v) is 26.6. The van der Waals surface area contributed by atoms with E-state index in [4.69, 9.17) is 114 Å². The average Bonchev–Trinajstić information content (AvgIpc) is 1.21. The van der Waals surface area contributed by atoms with E-state index in [0.717, 1.165) is 100 Å². The lowest BCUT2D eigenvalue weighted by Gasteiger charge is -2.30. The molecular formula is C109H84Cl9N13O3. The molecule has 4 atom stereocenters. The SMILES string of the molecule is CN(C)c1nc2ccc(C(O)(c3ccc(Cl)cc3)c3cncn3C)cc2c(Cl)c1-c1ccccc1.CN(C)c1nc2ccc(C(c3ccc(Cl)cc3)c3cncn3C)cc2c(Cl)c1-c1ccccc1.Cn1cncc1C(O)(c1ccc(Cl)cc1)c1ccc2nc(Cl)c(-c3ccccc3)cc2c1.OC(c1ccccc1)(c1ccncc1)c1ccc2nc(Cl)c(-c3ccccc3Cl)c(Cl)c2c1. The van der Waals surface area contributed by atoms with E-state index in [2.05, 4.69) is 72.4 Å². The Morgan fingerprint density at radius 3 is 1.16 bits per heavy atom. The Balaban J connectivity index is 0.000000124. The van der Waals surface area contributed by atoms with E-state index in [1.54, 1.807) is 79.9 Å². The fourth-order valence-corrected chi connectivity index (χ4v) is 19.3. The molecule has 666 valence electrons. The highest BCUT2D eigenvalue weighted by Gasteiger charge is 2.40. The smallest absolute Gasteiger partial charge is 0.156 e. The van der Waals surface area contributed by atoms with Gasteiger partial charge < -0.3 is 38.8 Å². The Morgan fingerprint density at radius 2 is 0.687 bits per heavy atom. The second kappa shape index (κ2) is 39.8. The van der Waals surface area contributed by atoms with Gasteiger partial charge in [-0.3, -0.25) is 4.98 Å². The Bertz CT molecular complexity index is 7620. The lowest BCUT2D eigenvalue weighted by atomic mass is 9.80. The van der Waals surface area contributed by atoms with Crippen LogP contribution < -0.4 is 9.80 Å². The number of anilines is 2. The van der Waals surface area contributed by atoms with E-state index in [9.17, 15) is 15.3 Å². The van der Waals surface area contributed by atoms with Crippen LogP contribution in [0.3, 0.4) is 0 Å². The summed E-state index contributed by atoms with van der Waals surface area (Å²) in [6.07, 6.45) is 13.7. The number of benzene rings is 12. The molecule has 0 aliphatic heterocycles. The van der Waals surface area contributed by atoms with Crippen LogP contribution in [0.1, 0.15) is 73.1 Å². The Hall–Kier alpha value is -12.9. The minimum Gasteiger partial charge on any atom is -0.376 e. The van der Waals surface area contributed by atoms with Crippen molar-refractivity contribution in [1.29, 1.82) is 0 Å². The molecule has 0 aliphatic rings. The maximum absolute atomic E-state index is 12.3. The molecule has 0 aliphatic carbocycles. The first-order valence-corrected chi connectivity index (χ1v) is 45.8. The Morgan fingerprint density at radius 1 is 0.306 bits per heavy atom. The lowest BCUT2D eigenvalue weighted by Crippen LogP contribution is -2.31. The van der Waals surface area contributed by atoms with Gasteiger partial charge in [0.25, 0.3) is 0 Å². The summed E-state index contributed by atoms with van der Waals surface area (Å²) in [4.78, 5) is 40.0. The van der Waals surface area contributed by atoms with Crippen LogP contribution in [0.2, 0.25) is 45.5 Å². The molecule has 8 aromatic heterocycles. The highest BCUT2D eigenvalue weighted by Crippen LogP contribution is 2.49. The van der Waals surface area contributed by atoms with Crippen molar-refractivity contribution in [3.8, 4) is 44.5 Å². The van der Waals surface area contributed by atoms with E-state index in [1.165, 1.54) is 0 Å². The van der Waals surface area contributed by atoms with Crippen molar-refractivity contribution in [3.05, 3.63) is 472 Å². The summed E-state index contributed by atoms with van der Waals surface area (Å²) < 4.78 is 5.67. The van der Waals surface area contributed by atoms with Crippen molar-refractivity contribution in [2.75, 3.05) is 38.0 Å². The standard InChI is InChI=1S/C28H24Cl2N4O.C28H24Cl2N4.C27H17Cl3N2O.C26H19Cl2N3O/c1-33(2)27-25(18-7-5-4-6-8-18)26(30)22-15-20(11-14-23(22)32-27)28(35,24-16-31-17-34(24)3)19-9-12-21(29)13-10-19;1-33(2)28-26(18-7-5-4-6-8-18)27(30)22-15-20(11-14-23(22)32-28)25(24-16-31-17-34(24)3)19-9-12-21(29)13-10-19;28-22-9-5-4-8-20(22)24-25(29)21-16-19(10-11-23(21)32-26(24)30)27(33,17-6-2-1-3-7-17)18-12-14-31-15-13-18;1-31-16-29-15-24(31)26(32,19-7-10-21(27)11-8-19)20-9-12-23-18(13-20)14-22(25(28)30-23)17-5-3-2-4-6-17/h4-17,35H,1-3H3;4-17,25H,1-3H3;1-16,33H;2-16,32H,1H3. The minimum absolute atomic E-state index is 0.0288. The van der Waals surface area contributed by atoms with Crippen molar-refractivity contribution >= 4 is 160 Å². The highest BCUT2D eigenvalue weighted by molar-refractivity contribution is 6.44. The van der Waals surface area contributed by atoms with Crippen LogP contribution in [0.25, 0.3) is 88.1 Å². The topological polar surface area (TPSA) is 185 Å². The van der Waals surface area contributed by atoms with Crippen molar-refractivity contribution < 1.29 is 15.3 Å². The fourth-order valence-electron chi connectivity index (χ4n) is 17.1. The molecule has 4 unspecified atom stereocenters. The molecule has 0 spiro atoms. The molecule has 16 nitrogen and oxygen atoms in total. The van der Waals surface area contributed by atoms with Gasteiger partial charge in [0.1, 0.15) is 27.5 Å². The molecular weight excluding hydrogens is 1860 g/mol. The average molecular weight is 1940 g/mol. The third-order valence-electron chi connectivity index (χ3n) is 23.8. The molecule has 0 saturated heterocycles. The number of rotatable bonds is 18. The number of nitrogens with zero attached hydrogens (tertiary/aromatic N) is 13. The Labute approximate surface area is 820 Å². The van der Waals surface area contributed by atoms with Gasteiger partial charge in [-0.1, -0.05) is 305 Å². The van der Waals surface area contributed by atoms with Gasteiger partial charge in [0.05, 0.1) is 85.8 Å². The molecule has 12 aromatic carbocycles. The third kappa shape index (κ3) is 18.5. The van der Waals surface area contributed by atoms with Gasteiger partial charge >= 0.3 is 0 Å². The first kappa shape index (κ1) is 93.0. The van der Waals surface area contributed by atoms with Crippen molar-refractivity contribution in [3.63, 3.8) is 0 Å². The molecule has 25 heteroatoms. The number of aromatic nitrogens is 11. The minimum atomic E-state index is -1.49. The number of hydrogen-bond acceptors (Lipinski definition) is 13. The normalized spacial score (nSPS) is 12.9. The van der Waals surface area contributed by atoms with Crippen molar-refractivity contribution in [1.82, 2.24) is 53.6 Å². The number of fused-ring (bicyclic) bond motifs is 4. The van der Waals surface area contributed by atoms with Crippen LogP contribution in [-0.2, 0) is 37.9 Å². The number of pyridine rings is 5. The van der Waals surface area contributed by atoms with Crippen LogP contribution >= 0.6 is 104 Å². The van der Waals surface area contributed by atoms with Crippen LogP contribution in [0, 0.1) is 0 Å². The number of hydrogen-bond donors (Lipinski definition) is 3. The zero-order valence-electron chi connectivity index (χ0n) is 73.2. The van der Waals surface area contributed by atoms with E-state index < -0.39 is 16.8 Å². The molecule has 20 aromatic rings. The van der Waals surface area contributed by atoms with Gasteiger partial charge in [0.15, 0.2) is 11.2 Å². The second-order valence-corrected chi connectivity index (χ2v) is 36.2. The van der Waals surface area contributed by atoms with E-state index in [1.807, 2.05) is 310 Å². The summed E-state index contributed by atoms with van der Waals surface area (Å²) in [7, 11) is 13.6. The molecule has 134 heavy (non-hydrogen) atoms. The summed E-state index contributed by atoms with van der Waals surface area (Å²) in [5, 5.41) is 44.6. The summed E-state index contributed by atoms with van der Waals surface area (Å²) in [5.41, 5.74) is 14.8. The summed E-state index contributed by atoms with van der Waals surface area (Å²) in [6, 6.07) is 98.1. The van der Waals surface area contributed by atoms with Crippen LogP contribution in [0.5, 0.6) is 0 Å². The molecule has 0 bridgehead atoms. The number of aryl methyl sites for hydroxylation is 3. The maximum Gasteiger partial charge on any atom is 0.156 e. The van der Waals surface area contributed by atoms with Gasteiger partial charge in [0, 0.05) is 143 Å². The van der Waals surface area contributed by atoms with E-state index in [-0.39, 0.29) is 11.1 Å². The van der Waals surface area contributed by atoms with Gasteiger partial charge in [-0.15, -0.1) is 0 Å². The summed E-state index contributed by atoms with van der Waals surface area (Å²) >= 11 is 59.0. The highest BCUT2D eigenvalue weighted by atomic mass is 35.5. The molecule has 0 amide bonds. The molecule has 20 rings (SSSR count). The second-order valence-electron chi connectivity index (χ2n) is 32.6. The van der Waals surface area contributed by atoms with E-state index >= 15 is 0 Å². The summed E-state index contributed by atoms with van der Waals surface area (Å²) in [5.74, 6) is 1.59. The first-order chi connectivity index (χ1) is 64.7. The molecule has 0 radical (unpaired) electrons. The van der Waals surface area contributed by atoms with Gasteiger partial charge in [0.2, 0.25) is 0 Å². The largest absolute Gasteiger partial charge is 0.376 e. The predicted octanol–water partition coefficient (Wildman–Crippen LogP) is 27.2. The zero-order valence-corrected chi connectivity index (χ0v) is 80.0. The summed E-state index contributed by atoms with van der Waals surface area (Å²) in [6.45, 7) is 0. The molecule has 0 saturated carbocycles. The van der Waals surface area contributed by atoms with Gasteiger partial charge in [-0.05, 0) is 176 Å². The number of aliphatic hydroxyl groups is 3. The fraction of sp³-hybridized carbons (Fsp3) is 0.101. The van der Waals surface area contributed by atoms with Crippen LogP contribution in [-0.4, -0.2) is 97.1 Å². The number of imidazole rings is 3. The molecule has 0 fully saturated rings. The predicted molar refractivity (Wildman–Crippen MR) is 549 cm³/mol. The van der Waals surface area contributed by atoms with Crippen LogP contribution in [0.4, 0.5) is 11.6 Å². The van der Waals surface area contributed by atoms with Crippen molar-refractivity contribution in [2.24, 2.45) is 21.1 Å². The van der Waals surface area contributed by atoms with Gasteiger partial charge in [-0.2, -0.15) is 0 Å².